The zero-order chi connectivity index (χ0) is 33.4. The van der Waals surface area contributed by atoms with Crippen molar-refractivity contribution in [2.45, 2.75) is 63.8 Å². The normalized spacial score (nSPS) is 24.7. The van der Waals surface area contributed by atoms with Gasteiger partial charge in [-0.3, -0.25) is 50.5 Å². The molecule has 0 saturated heterocycles. The van der Waals surface area contributed by atoms with Crippen molar-refractivity contribution in [1.29, 1.82) is 0 Å². The zero-order valence-corrected chi connectivity index (χ0v) is 26.3. The molecule has 0 aromatic carbocycles. The number of aliphatic hydroxyl groups excluding tert-OH is 2. The van der Waals surface area contributed by atoms with Gasteiger partial charge in [0.2, 0.25) is 0 Å². The highest BCUT2D eigenvalue weighted by Crippen LogP contribution is 2.37. The largest absolute Gasteiger partial charge is 0.391 e. The van der Waals surface area contributed by atoms with Crippen molar-refractivity contribution in [1.82, 2.24) is 51.7 Å². The molecular weight excluding hydrogens is 644 g/mol. The monoisotopic (exact) mass is 676 g/mol. The fraction of sp³-hybridized carbons (Fsp3) is 0.462. The van der Waals surface area contributed by atoms with E-state index in [0.29, 0.717) is 11.5 Å². The molecule has 1 saturated carbocycles. The number of thioether (sulfide) groups is 2. The molecule has 2 aromatic rings. The van der Waals surface area contributed by atoms with Crippen LogP contribution in [-0.4, -0.2) is 99.1 Å². The van der Waals surface area contributed by atoms with Gasteiger partial charge in [-0.2, -0.15) is 0 Å². The van der Waals surface area contributed by atoms with Crippen LogP contribution in [0.25, 0.3) is 0 Å². The van der Waals surface area contributed by atoms with Gasteiger partial charge in [0.05, 0.1) is 24.3 Å². The number of aromatic nitrogens is 6. The molecule has 0 bridgehead atoms. The molecule has 2 aliphatic rings. The van der Waals surface area contributed by atoms with Crippen LogP contribution in [-0.2, 0) is 9.59 Å². The van der Waals surface area contributed by atoms with Crippen LogP contribution in [0.2, 0.25) is 0 Å². The third-order valence-electron chi connectivity index (χ3n) is 7.02. The van der Waals surface area contributed by atoms with Crippen LogP contribution in [0.15, 0.2) is 23.0 Å². The van der Waals surface area contributed by atoms with Crippen LogP contribution >= 0.6 is 23.5 Å². The Morgan fingerprint density at radius 3 is 1.87 bits per heavy atom. The number of amides is 4. The Hall–Kier alpha value is -4.40. The second-order valence-corrected chi connectivity index (χ2v) is 12.0. The summed E-state index contributed by atoms with van der Waals surface area (Å²) < 4.78 is 2.08. The molecule has 4 unspecified atom stereocenters. The molecule has 1 fully saturated rings. The first-order valence-electron chi connectivity index (χ1n) is 14.2. The number of hydrogen-bond donors (Lipinski definition) is 6. The SMILES string of the molecule is CCC(=O)c1nnn(C2CC(O)C(n3nnc4c3C(=O)NNC(=O)/C=C/SCCS/C=C/C(=O)NNC4=O)CC2O)c1C(=O)CC. The minimum absolute atomic E-state index is 0.0362. The van der Waals surface area contributed by atoms with E-state index in [2.05, 4.69) is 42.3 Å². The molecule has 4 rings (SSSR count). The lowest BCUT2D eigenvalue weighted by Gasteiger charge is -2.37. The average molecular weight is 677 g/mol. The van der Waals surface area contributed by atoms with Crippen LogP contribution < -0.4 is 21.7 Å². The standard InChI is InChI=1S/C26H32N10O8S2/c1-3-15(37)21-23(16(38)4-2)35(33-29-21)13-11-18(40)14(12-17(13)39)36-24-22(30-34-36)25(43)31-27-19(41)5-7-45-9-10-46-8-6-20(42)28-32-26(24)44/h5-8,13-14,17-18,39-40H,3-4,9-12H2,1-2H3,(H,27,41)(H,28,42)(H,31,43)(H,32,44)/b7-5+,8-6+. The molecule has 1 aliphatic carbocycles. The molecule has 1 aliphatic heterocycles. The van der Waals surface area contributed by atoms with E-state index in [1.54, 1.807) is 13.8 Å². The maximum absolute atomic E-state index is 13.3. The first kappa shape index (κ1) is 34.5. The lowest BCUT2D eigenvalue weighted by atomic mass is 9.85. The van der Waals surface area contributed by atoms with Gasteiger partial charge in [-0.05, 0) is 10.8 Å². The Kier molecular flexibility index (Phi) is 11.8. The number of ketones is 2. The Labute approximate surface area is 270 Å². The molecule has 3 heterocycles. The second-order valence-electron chi connectivity index (χ2n) is 9.99. The van der Waals surface area contributed by atoms with Gasteiger partial charge in [0.15, 0.2) is 28.6 Å². The zero-order valence-electron chi connectivity index (χ0n) is 24.7. The molecule has 246 valence electrons. The summed E-state index contributed by atoms with van der Waals surface area (Å²) in [6.45, 7) is 3.21. The van der Waals surface area contributed by atoms with Crippen LogP contribution in [0.1, 0.15) is 93.6 Å². The van der Waals surface area contributed by atoms with Gasteiger partial charge in [-0.25, -0.2) is 9.36 Å². The van der Waals surface area contributed by atoms with Crippen LogP contribution in [0, 0.1) is 0 Å². The summed E-state index contributed by atoms with van der Waals surface area (Å²) in [6.07, 6.45) is -0.646. The number of nitrogens with one attached hydrogen (secondary N) is 4. The van der Waals surface area contributed by atoms with E-state index >= 15 is 0 Å². The van der Waals surface area contributed by atoms with Crippen molar-refractivity contribution in [3.8, 4) is 0 Å². The summed E-state index contributed by atoms with van der Waals surface area (Å²) in [7, 11) is 0. The smallest absolute Gasteiger partial charge is 0.292 e. The van der Waals surface area contributed by atoms with E-state index in [4.69, 9.17) is 0 Å². The maximum atomic E-state index is 13.3. The molecule has 0 radical (unpaired) electrons. The van der Waals surface area contributed by atoms with Crippen LogP contribution in [0.4, 0.5) is 0 Å². The minimum Gasteiger partial charge on any atom is -0.391 e. The summed E-state index contributed by atoms with van der Waals surface area (Å²) in [6, 6.07) is -2.12. The fourth-order valence-corrected chi connectivity index (χ4v) is 6.22. The van der Waals surface area contributed by atoms with Crippen molar-refractivity contribution in [2.24, 2.45) is 0 Å². The van der Waals surface area contributed by atoms with Gasteiger partial charge < -0.3 is 10.2 Å². The number of aliphatic hydroxyl groups is 2. The quantitative estimate of drug-likeness (QED) is 0.209. The van der Waals surface area contributed by atoms with Gasteiger partial charge in [-0.15, -0.1) is 33.7 Å². The number of rotatable bonds is 6. The number of carbonyl (C=O) groups is 6. The molecule has 0 spiro atoms. The number of hydrogen-bond acceptors (Lipinski definition) is 14. The number of hydrazine groups is 2. The van der Waals surface area contributed by atoms with Crippen molar-refractivity contribution in [2.75, 3.05) is 11.5 Å². The van der Waals surface area contributed by atoms with Crippen molar-refractivity contribution < 1.29 is 39.0 Å². The number of nitrogens with zero attached hydrogens (tertiary/aromatic N) is 6. The summed E-state index contributed by atoms with van der Waals surface area (Å²) >= 11 is 2.67. The molecule has 20 heteroatoms. The first-order chi connectivity index (χ1) is 22.1. The van der Waals surface area contributed by atoms with Crippen molar-refractivity contribution >= 4 is 58.7 Å². The molecule has 6 N–H and O–H groups in total. The lowest BCUT2D eigenvalue weighted by Crippen LogP contribution is -2.46. The average Bonchev–Trinajstić information content (AvgIpc) is 3.69. The van der Waals surface area contributed by atoms with Gasteiger partial charge in [-0.1, -0.05) is 24.3 Å². The van der Waals surface area contributed by atoms with Gasteiger partial charge >= 0.3 is 0 Å². The summed E-state index contributed by atoms with van der Waals surface area (Å²) in [4.78, 5) is 75.9. The molecule has 2 aromatic heterocycles. The van der Waals surface area contributed by atoms with E-state index < -0.39 is 70.9 Å². The third kappa shape index (κ3) is 7.87. The predicted octanol–water partition coefficient (Wildman–Crippen LogP) is -0.618. The predicted molar refractivity (Wildman–Crippen MR) is 163 cm³/mol. The number of Topliss-reactive ketones (excluding diaryl/α,β-unsaturated/α-hetero) is 2. The van der Waals surface area contributed by atoms with E-state index in [0.717, 1.165) is 9.36 Å². The molecule has 18 nitrogen and oxygen atoms in total. The number of carbonyl (C=O) groups excluding carboxylic acids is 6. The highest BCUT2D eigenvalue weighted by Gasteiger charge is 2.43. The minimum atomic E-state index is -1.35. The summed E-state index contributed by atoms with van der Waals surface area (Å²) in [5.41, 5.74) is 7.42. The highest BCUT2D eigenvalue weighted by atomic mass is 32.2. The summed E-state index contributed by atoms with van der Waals surface area (Å²) in [5, 5.41) is 41.1. The molecular formula is C26H32N10O8S2. The van der Waals surface area contributed by atoms with Crippen molar-refractivity contribution in [3.05, 3.63) is 45.7 Å². The van der Waals surface area contributed by atoms with E-state index in [9.17, 15) is 39.0 Å². The Morgan fingerprint density at radius 1 is 0.783 bits per heavy atom. The van der Waals surface area contributed by atoms with E-state index in [1.165, 1.54) is 46.5 Å². The van der Waals surface area contributed by atoms with Crippen molar-refractivity contribution in [3.63, 3.8) is 0 Å². The third-order valence-corrected chi connectivity index (χ3v) is 8.82. The molecule has 4 atom stereocenters. The fourth-order valence-electron chi connectivity index (χ4n) is 4.74. The number of fused-ring (bicyclic) bond motifs is 1. The Morgan fingerprint density at radius 2 is 1.30 bits per heavy atom. The molecule has 4 amide bonds. The van der Waals surface area contributed by atoms with Gasteiger partial charge in [0.1, 0.15) is 5.69 Å². The lowest BCUT2D eigenvalue weighted by molar-refractivity contribution is -0.118. The van der Waals surface area contributed by atoms with Crippen LogP contribution in [0.5, 0.6) is 0 Å². The highest BCUT2D eigenvalue weighted by molar-refractivity contribution is 8.05. The Balaban J connectivity index is 1.65. The van der Waals surface area contributed by atoms with E-state index in [-0.39, 0.29) is 37.1 Å². The van der Waals surface area contributed by atoms with Crippen LogP contribution in [0.3, 0.4) is 0 Å². The van der Waals surface area contributed by atoms with Gasteiger partial charge in [0.25, 0.3) is 23.6 Å². The second kappa shape index (κ2) is 15.7. The maximum Gasteiger partial charge on any atom is 0.292 e. The summed E-state index contributed by atoms with van der Waals surface area (Å²) in [5.74, 6) is -2.97. The molecule has 46 heavy (non-hydrogen) atoms. The first-order valence-corrected chi connectivity index (χ1v) is 16.3. The Bertz CT molecular complexity index is 1570. The van der Waals surface area contributed by atoms with E-state index in [1.807, 2.05) is 0 Å². The van der Waals surface area contributed by atoms with Gasteiger partial charge in [0, 0.05) is 49.3 Å². The topological polar surface area (TPSA) is 252 Å².